The Kier molecular flexibility index (Phi) is 4.47. The van der Waals surface area contributed by atoms with Crippen LogP contribution in [0.4, 0.5) is 18.9 Å². The zero-order chi connectivity index (χ0) is 14.6. The van der Waals surface area contributed by atoms with Crippen LogP contribution in [-0.2, 0) is 11.2 Å². The van der Waals surface area contributed by atoms with Gasteiger partial charge in [0.1, 0.15) is 0 Å². The molecule has 1 amide bonds. The fourth-order valence-electron chi connectivity index (χ4n) is 1.55. The van der Waals surface area contributed by atoms with Crippen LogP contribution in [0.15, 0.2) is 24.3 Å². The zero-order valence-corrected chi connectivity index (χ0v) is 9.90. The summed E-state index contributed by atoms with van der Waals surface area (Å²) < 4.78 is 36.1. The van der Waals surface area contributed by atoms with E-state index in [9.17, 15) is 28.1 Å². The van der Waals surface area contributed by atoms with Crippen LogP contribution in [-0.4, -0.2) is 23.0 Å². The molecule has 5 nitrogen and oxygen atoms in total. The summed E-state index contributed by atoms with van der Waals surface area (Å²) in [4.78, 5) is 20.8. The summed E-state index contributed by atoms with van der Waals surface area (Å²) in [7, 11) is 0. The Bertz CT molecular complexity index is 488. The summed E-state index contributed by atoms with van der Waals surface area (Å²) in [6.45, 7) is 1.35. The number of rotatable bonds is 4. The quantitative estimate of drug-likeness (QED) is 0.677. The second-order valence-electron chi connectivity index (χ2n) is 3.96. The van der Waals surface area contributed by atoms with Crippen molar-refractivity contribution >= 4 is 11.6 Å². The maximum atomic E-state index is 12.0. The van der Waals surface area contributed by atoms with Gasteiger partial charge in [-0.1, -0.05) is 18.2 Å². The number of nitrogens with zero attached hydrogens (tertiary/aromatic N) is 1. The van der Waals surface area contributed by atoms with Gasteiger partial charge in [0, 0.05) is 17.7 Å². The molecule has 1 N–H and O–H groups in total. The first kappa shape index (κ1) is 14.9. The van der Waals surface area contributed by atoms with E-state index in [1.54, 1.807) is 11.4 Å². The maximum absolute atomic E-state index is 12.0. The first-order chi connectivity index (χ1) is 8.71. The molecule has 104 valence electrons. The third kappa shape index (κ3) is 4.23. The van der Waals surface area contributed by atoms with Crippen molar-refractivity contribution in [2.75, 3.05) is 0 Å². The minimum Gasteiger partial charge on any atom is -0.345 e. The lowest BCUT2D eigenvalue weighted by molar-refractivity contribution is -0.385. The zero-order valence-electron chi connectivity index (χ0n) is 9.90. The highest BCUT2D eigenvalue weighted by Crippen LogP contribution is 2.20. The number of amides is 1. The van der Waals surface area contributed by atoms with Crippen LogP contribution in [0, 0.1) is 10.1 Å². The molecule has 0 aliphatic carbocycles. The van der Waals surface area contributed by atoms with Gasteiger partial charge in [-0.3, -0.25) is 14.9 Å². The van der Waals surface area contributed by atoms with Crippen molar-refractivity contribution in [1.82, 2.24) is 5.32 Å². The van der Waals surface area contributed by atoms with Gasteiger partial charge < -0.3 is 5.32 Å². The SMILES string of the molecule is CC(Cc1ccccc1[N+](=O)[O-])NC(=O)C(F)(F)F. The van der Waals surface area contributed by atoms with Crippen LogP contribution in [0.1, 0.15) is 12.5 Å². The number of nitro benzene ring substituents is 1. The van der Waals surface area contributed by atoms with Crippen molar-refractivity contribution in [2.24, 2.45) is 0 Å². The molecular weight excluding hydrogens is 265 g/mol. The number of carbonyl (C=O) groups is 1. The third-order valence-corrected chi connectivity index (χ3v) is 2.35. The summed E-state index contributed by atoms with van der Waals surface area (Å²) in [6.07, 6.45) is -5.02. The lowest BCUT2D eigenvalue weighted by Crippen LogP contribution is -2.42. The largest absolute Gasteiger partial charge is 0.471 e. The second kappa shape index (κ2) is 5.68. The van der Waals surface area contributed by atoms with Crippen molar-refractivity contribution < 1.29 is 22.9 Å². The van der Waals surface area contributed by atoms with E-state index in [2.05, 4.69) is 0 Å². The highest BCUT2D eigenvalue weighted by atomic mass is 19.4. The molecule has 0 fully saturated rings. The average molecular weight is 276 g/mol. The van der Waals surface area contributed by atoms with Crippen molar-refractivity contribution in [1.29, 1.82) is 0 Å². The lowest BCUT2D eigenvalue weighted by atomic mass is 10.1. The maximum Gasteiger partial charge on any atom is 0.471 e. The number of carbonyl (C=O) groups excluding carboxylic acids is 1. The lowest BCUT2D eigenvalue weighted by Gasteiger charge is -2.15. The van der Waals surface area contributed by atoms with Crippen molar-refractivity contribution in [2.45, 2.75) is 25.6 Å². The van der Waals surface area contributed by atoms with E-state index in [4.69, 9.17) is 0 Å². The number of halogens is 3. The average Bonchev–Trinajstić information content (AvgIpc) is 2.27. The fourth-order valence-corrected chi connectivity index (χ4v) is 1.55. The number of benzene rings is 1. The molecule has 0 saturated carbocycles. The summed E-state index contributed by atoms with van der Waals surface area (Å²) >= 11 is 0. The molecule has 19 heavy (non-hydrogen) atoms. The molecule has 0 aromatic heterocycles. The van der Waals surface area contributed by atoms with E-state index >= 15 is 0 Å². The monoisotopic (exact) mass is 276 g/mol. The molecule has 0 bridgehead atoms. The van der Waals surface area contributed by atoms with Crippen LogP contribution < -0.4 is 5.32 Å². The molecule has 1 unspecified atom stereocenters. The molecule has 0 aliphatic heterocycles. The Hall–Kier alpha value is -2.12. The van der Waals surface area contributed by atoms with Gasteiger partial charge in [0.15, 0.2) is 0 Å². The van der Waals surface area contributed by atoms with Crippen LogP contribution in [0.3, 0.4) is 0 Å². The summed E-state index contributed by atoms with van der Waals surface area (Å²) in [5, 5.41) is 12.5. The Morgan fingerprint density at radius 3 is 2.53 bits per heavy atom. The fraction of sp³-hybridized carbons (Fsp3) is 0.364. The van der Waals surface area contributed by atoms with Gasteiger partial charge in [-0.15, -0.1) is 0 Å². The Morgan fingerprint density at radius 2 is 2.00 bits per heavy atom. The summed E-state index contributed by atoms with van der Waals surface area (Å²) in [5.74, 6) is -2.06. The van der Waals surface area contributed by atoms with Crippen molar-refractivity contribution in [3.63, 3.8) is 0 Å². The van der Waals surface area contributed by atoms with Crippen LogP contribution in [0.2, 0.25) is 0 Å². The van der Waals surface area contributed by atoms with Crippen molar-refractivity contribution in [3.05, 3.63) is 39.9 Å². The minimum absolute atomic E-state index is 0.0566. The summed E-state index contributed by atoms with van der Waals surface area (Å²) in [5.41, 5.74) is 0.0816. The van der Waals surface area contributed by atoms with Crippen LogP contribution in [0.5, 0.6) is 0 Å². The van der Waals surface area contributed by atoms with Gasteiger partial charge in [0.05, 0.1) is 4.92 Å². The summed E-state index contributed by atoms with van der Waals surface area (Å²) in [6, 6.07) is 4.83. The standard InChI is InChI=1S/C11H11F3N2O3/c1-7(15-10(17)11(12,13)14)6-8-4-2-3-5-9(8)16(18)19/h2-5,7H,6H2,1H3,(H,15,17). The molecule has 1 aromatic carbocycles. The first-order valence-electron chi connectivity index (χ1n) is 5.32. The molecule has 0 saturated heterocycles. The van der Waals surface area contributed by atoms with Crippen molar-refractivity contribution in [3.8, 4) is 0 Å². The number of nitro groups is 1. The normalized spacial score (nSPS) is 12.8. The smallest absolute Gasteiger partial charge is 0.345 e. The van der Waals surface area contributed by atoms with Gasteiger partial charge in [0.25, 0.3) is 5.69 Å². The Labute approximate surface area is 106 Å². The predicted molar refractivity (Wildman–Crippen MR) is 60.5 cm³/mol. The van der Waals surface area contributed by atoms with Gasteiger partial charge in [-0.2, -0.15) is 13.2 Å². The van der Waals surface area contributed by atoms with Gasteiger partial charge >= 0.3 is 12.1 Å². The van der Waals surface area contributed by atoms with Gasteiger partial charge in [-0.05, 0) is 13.3 Å². The van der Waals surface area contributed by atoms with E-state index < -0.39 is 23.0 Å². The highest BCUT2D eigenvalue weighted by molar-refractivity contribution is 5.81. The van der Waals surface area contributed by atoms with E-state index in [1.165, 1.54) is 25.1 Å². The van der Waals surface area contributed by atoms with Crippen LogP contribution in [0.25, 0.3) is 0 Å². The van der Waals surface area contributed by atoms with E-state index in [0.717, 1.165) is 0 Å². The third-order valence-electron chi connectivity index (χ3n) is 2.35. The molecule has 0 radical (unpaired) electrons. The highest BCUT2D eigenvalue weighted by Gasteiger charge is 2.39. The molecule has 1 aromatic rings. The molecule has 1 atom stereocenters. The number of para-hydroxylation sites is 1. The Balaban J connectivity index is 2.75. The van der Waals surface area contributed by atoms with E-state index in [0.29, 0.717) is 0 Å². The second-order valence-corrected chi connectivity index (χ2v) is 3.96. The molecule has 8 heteroatoms. The number of hydrogen-bond donors (Lipinski definition) is 1. The topological polar surface area (TPSA) is 72.2 Å². The number of hydrogen-bond acceptors (Lipinski definition) is 3. The number of alkyl halides is 3. The first-order valence-corrected chi connectivity index (χ1v) is 5.32. The minimum atomic E-state index is -4.96. The van der Waals surface area contributed by atoms with E-state index in [1.807, 2.05) is 0 Å². The molecule has 0 heterocycles. The molecular formula is C11H11F3N2O3. The Morgan fingerprint density at radius 1 is 1.42 bits per heavy atom. The van der Waals surface area contributed by atoms with Gasteiger partial charge in [0.2, 0.25) is 0 Å². The van der Waals surface area contributed by atoms with Gasteiger partial charge in [-0.25, -0.2) is 0 Å². The predicted octanol–water partition coefficient (Wildman–Crippen LogP) is 2.20. The van der Waals surface area contributed by atoms with E-state index in [-0.39, 0.29) is 17.7 Å². The molecule has 0 spiro atoms. The van der Waals surface area contributed by atoms with Crippen LogP contribution >= 0.6 is 0 Å². The number of nitrogens with one attached hydrogen (secondary N) is 1. The molecule has 1 rings (SSSR count). The molecule has 0 aliphatic rings.